The molecule has 0 N–H and O–H groups in total. The largest absolute Gasteiger partial charge is 0.464 e. The van der Waals surface area contributed by atoms with Gasteiger partial charge in [0.2, 0.25) is 0 Å². The van der Waals surface area contributed by atoms with Gasteiger partial charge in [-0.3, -0.25) is 0 Å². The Balaban J connectivity index is 1.78. The van der Waals surface area contributed by atoms with E-state index in [1.165, 1.54) is 6.07 Å². The number of alkyl halides is 3. The van der Waals surface area contributed by atoms with E-state index < -0.39 is 43.7 Å². The Morgan fingerprint density at radius 3 is 2.43 bits per heavy atom. The number of rotatable bonds is 6. The predicted octanol–water partition coefficient (Wildman–Crippen LogP) is 4.18. The van der Waals surface area contributed by atoms with Crippen LogP contribution in [0.4, 0.5) is 19.0 Å². The number of hydrogen-bond donors (Lipinski definition) is 0. The number of esters is 1. The molecule has 4 rings (SSSR count). The summed E-state index contributed by atoms with van der Waals surface area (Å²) in [6, 6.07) is 13.9. The Bertz CT molecular complexity index is 1320. The molecule has 11 heteroatoms. The third-order valence-electron chi connectivity index (χ3n) is 5.87. The van der Waals surface area contributed by atoms with Crippen LogP contribution in [0.25, 0.3) is 5.69 Å². The molecule has 186 valence electrons. The van der Waals surface area contributed by atoms with Gasteiger partial charge in [-0.05, 0) is 44.5 Å². The first-order valence-electron chi connectivity index (χ1n) is 11.0. The number of anilines is 1. The molecule has 1 fully saturated rings. The number of benzene rings is 2. The molecule has 35 heavy (non-hydrogen) atoms. The fraction of sp³-hybridized carbons (Fsp3) is 0.333. The van der Waals surface area contributed by atoms with Crippen molar-refractivity contribution in [2.24, 2.45) is 0 Å². The minimum atomic E-state index is -4.84. The molecule has 1 aliphatic heterocycles. The molecule has 0 radical (unpaired) electrons. The van der Waals surface area contributed by atoms with Gasteiger partial charge < -0.3 is 9.64 Å². The SMILES string of the molecule is CCOC(=O)[C@@H]1C[C@@H](S(=O)(=O)c2ccccc2C(F)(F)F)CN1c1cc(C)nn1-c1ccccc1. The average Bonchev–Trinajstić information content (AvgIpc) is 3.43. The molecule has 2 atom stereocenters. The van der Waals surface area contributed by atoms with E-state index in [0.29, 0.717) is 17.2 Å². The Labute approximate surface area is 201 Å². The van der Waals surface area contributed by atoms with E-state index in [9.17, 15) is 26.4 Å². The van der Waals surface area contributed by atoms with Gasteiger partial charge in [-0.2, -0.15) is 18.3 Å². The zero-order chi connectivity index (χ0) is 25.4. The highest BCUT2D eigenvalue weighted by molar-refractivity contribution is 7.92. The predicted molar refractivity (Wildman–Crippen MR) is 123 cm³/mol. The van der Waals surface area contributed by atoms with Crippen LogP contribution in [0.2, 0.25) is 0 Å². The van der Waals surface area contributed by atoms with Crippen molar-refractivity contribution in [3.8, 4) is 5.69 Å². The van der Waals surface area contributed by atoms with Crippen molar-refractivity contribution in [2.75, 3.05) is 18.1 Å². The molecule has 0 aliphatic carbocycles. The van der Waals surface area contributed by atoms with Gasteiger partial charge in [0.1, 0.15) is 11.9 Å². The number of halogens is 3. The van der Waals surface area contributed by atoms with Crippen LogP contribution in [0.3, 0.4) is 0 Å². The highest BCUT2D eigenvalue weighted by Gasteiger charge is 2.47. The quantitative estimate of drug-likeness (QED) is 0.466. The van der Waals surface area contributed by atoms with Gasteiger partial charge in [0.25, 0.3) is 0 Å². The summed E-state index contributed by atoms with van der Waals surface area (Å²) in [5.74, 6) is -0.193. The van der Waals surface area contributed by atoms with E-state index in [0.717, 1.165) is 18.2 Å². The molecule has 1 saturated heterocycles. The van der Waals surface area contributed by atoms with Crippen LogP contribution in [-0.4, -0.2) is 48.6 Å². The van der Waals surface area contributed by atoms with Crippen molar-refractivity contribution in [1.29, 1.82) is 0 Å². The first kappa shape index (κ1) is 24.8. The van der Waals surface area contributed by atoms with Gasteiger partial charge in [0.05, 0.1) is 33.7 Å². The number of ether oxygens (including phenoxy) is 1. The molecule has 0 saturated carbocycles. The van der Waals surface area contributed by atoms with Crippen LogP contribution in [0, 0.1) is 6.92 Å². The van der Waals surface area contributed by atoms with Gasteiger partial charge in [-0.25, -0.2) is 17.9 Å². The number of hydrogen-bond acceptors (Lipinski definition) is 6. The summed E-state index contributed by atoms with van der Waals surface area (Å²) in [4.78, 5) is 13.6. The first-order chi connectivity index (χ1) is 16.5. The van der Waals surface area contributed by atoms with Gasteiger partial charge in [0, 0.05) is 12.6 Å². The fourth-order valence-electron chi connectivity index (χ4n) is 4.32. The van der Waals surface area contributed by atoms with Crippen LogP contribution in [0.15, 0.2) is 65.6 Å². The molecule has 0 unspecified atom stereocenters. The standard InChI is InChI=1S/C24H24F3N3O4S/c1-3-34-23(31)20-14-18(35(32,33)21-12-8-7-11-19(21)24(25,26)27)15-29(20)22-13-16(2)28-30(22)17-9-5-4-6-10-17/h4-13,18,20H,3,14-15H2,1-2H3/t18-,20+/m1/s1. The highest BCUT2D eigenvalue weighted by Crippen LogP contribution is 2.39. The second-order valence-corrected chi connectivity index (χ2v) is 10.4. The fourth-order valence-corrected chi connectivity index (χ4v) is 6.23. The lowest BCUT2D eigenvalue weighted by atomic mass is 10.2. The van der Waals surface area contributed by atoms with E-state index in [1.54, 1.807) is 41.6 Å². The number of carbonyl (C=O) groups is 1. The molecule has 3 aromatic rings. The van der Waals surface area contributed by atoms with Crippen molar-refractivity contribution >= 4 is 21.6 Å². The van der Waals surface area contributed by atoms with E-state index >= 15 is 0 Å². The van der Waals surface area contributed by atoms with E-state index in [4.69, 9.17) is 4.74 Å². The number of aromatic nitrogens is 2. The molecular weight excluding hydrogens is 483 g/mol. The summed E-state index contributed by atoms with van der Waals surface area (Å²) < 4.78 is 74.5. The van der Waals surface area contributed by atoms with Crippen LogP contribution < -0.4 is 4.90 Å². The lowest BCUT2D eigenvalue weighted by Crippen LogP contribution is -2.38. The van der Waals surface area contributed by atoms with Crippen LogP contribution >= 0.6 is 0 Å². The summed E-state index contributed by atoms with van der Waals surface area (Å²) in [6.07, 6.45) is -5.06. The smallest absolute Gasteiger partial charge is 0.417 e. The lowest BCUT2D eigenvalue weighted by molar-refractivity contribution is -0.144. The average molecular weight is 508 g/mol. The maximum Gasteiger partial charge on any atom is 0.417 e. The number of para-hydroxylation sites is 1. The minimum absolute atomic E-state index is 0.0778. The lowest BCUT2D eigenvalue weighted by Gasteiger charge is -2.25. The van der Waals surface area contributed by atoms with E-state index in [2.05, 4.69) is 5.10 Å². The van der Waals surface area contributed by atoms with Gasteiger partial charge in [-0.1, -0.05) is 30.3 Å². The van der Waals surface area contributed by atoms with Crippen LogP contribution in [0.1, 0.15) is 24.6 Å². The summed E-state index contributed by atoms with van der Waals surface area (Å²) in [5.41, 5.74) is 0.0865. The number of aryl methyl sites for hydroxylation is 1. The Morgan fingerprint density at radius 1 is 1.11 bits per heavy atom. The zero-order valence-corrected chi connectivity index (χ0v) is 19.9. The number of sulfone groups is 1. The summed E-state index contributed by atoms with van der Waals surface area (Å²) in [5, 5.41) is 3.22. The number of carbonyl (C=O) groups excluding carboxylic acids is 1. The van der Waals surface area contributed by atoms with E-state index in [1.807, 2.05) is 18.2 Å². The minimum Gasteiger partial charge on any atom is -0.464 e. The van der Waals surface area contributed by atoms with Crippen molar-refractivity contribution in [3.05, 3.63) is 71.9 Å². The highest BCUT2D eigenvalue weighted by atomic mass is 32.2. The molecule has 0 bridgehead atoms. The third kappa shape index (κ3) is 4.77. The van der Waals surface area contributed by atoms with Crippen molar-refractivity contribution < 1.29 is 31.1 Å². The molecule has 1 aromatic heterocycles. The van der Waals surface area contributed by atoms with Crippen molar-refractivity contribution in [1.82, 2.24) is 9.78 Å². The topological polar surface area (TPSA) is 81.5 Å². The van der Waals surface area contributed by atoms with Crippen LogP contribution in [-0.2, 0) is 25.5 Å². The normalized spacial score (nSPS) is 18.6. The van der Waals surface area contributed by atoms with Gasteiger partial charge in [0.15, 0.2) is 9.84 Å². The van der Waals surface area contributed by atoms with Crippen LogP contribution in [0.5, 0.6) is 0 Å². The molecule has 0 amide bonds. The summed E-state index contributed by atoms with van der Waals surface area (Å²) >= 11 is 0. The second-order valence-electron chi connectivity index (χ2n) is 8.21. The maximum atomic E-state index is 13.6. The van der Waals surface area contributed by atoms with Gasteiger partial charge in [-0.15, -0.1) is 0 Å². The van der Waals surface area contributed by atoms with Crippen molar-refractivity contribution in [2.45, 2.75) is 42.6 Å². The molecule has 0 spiro atoms. The molecule has 2 heterocycles. The maximum absolute atomic E-state index is 13.6. The molecule has 2 aromatic carbocycles. The second kappa shape index (κ2) is 9.37. The summed E-state index contributed by atoms with van der Waals surface area (Å²) in [7, 11) is -4.44. The Hall–Kier alpha value is -3.34. The molecular formula is C24H24F3N3O4S. The van der Waals surface area contributed by atoms with E-state index in [-0.39, 0.29) is 19.6 Å². The zero-order valence-electron chi connectivity index (χ0n) is 19.1. The molecule has 1 aliphatic rings. The first-order valence-corrected chi connectivity index (χ1v) is 12.5. The number of nitrogens with zero attached hydrogens (tertiary/aromatic N) is 3. The monoisotopic (exact) mass is 507 g/mol. The molecule has 7 nitrogen and oxygen atoms in total. The Morgan fingerprint density at radius 2 is 1.77 bits per heavy atom. The van der Waals surface area contributed by atoms with Gasteiger partial charge >= 0.3 is 12.1 Å². The summed E-state index contributed by atoms with van der Waals surface area (Å²) in [6.45, 7) is 3.26. The Kier molecular flexibility index (Phi) is 6.63. The third-order valence-corrected chi connectivity index (χ3v) is 8.06. The van der Waals surface area contributed by atoms with Crippen molar-refractivity contribution in [3.63, 3.8) is 0 Å².